The Morgan fingerprint density at radius 1 is 0.962 bits per heavy atom. The fraction of sp³-hybridized carbons (Fsp3) is 0. The molecule has 0 aliphatic carbocycles. The van der Waals surface area contributed by atoms with Gasteiger partial charge in [0.1, 0.15) is 11.5 Å². The van der Waals surface area contributed by atoms with Gasteiger partial charge in [-0.2, -0.15) is 0 Å². The Hall–Kier alpha value is -3.45. The second-order valence-electron chi connectivity index (χ2n) is 5.29. The Kier molecular flexibility index (Phi) is 4.44. The molecule has 7 heteroatoms. The van der Waals surface area contributed by atoms with Crippen LogP contribution in [0, 0.1) is 0 Å². The summed E-state index contributed by atoms with van der Waals surface area (Å²) < 4.78 is 11.0. The number of hydrogen-bond donors (Lipinski definition) is 1. The van der Waals surface area contributed by atoms with Gasteiger partial charge in [0.2, 0.25) is 5.13 Å². The smallest absolute Gasteiger partial charge is 0.257 e. The van der Waals surface area contributed by atoms with E-state index in [0.29, 0.717) is 33.0 Å². The lowest BCUT2D eigenvalue weighted by Crippen LogP contribution is -2.11. The minimum atomic E-state index is -0.286. The van der Waals surface area contributed by atoms with Crippen LogP contribution in [0.3, 0.4) is 0 Å². The Bertz CT molecular complexity index is 1010. The molecule has 1 N–H and O–H groups in total. The molecule has 4 aromatic rings. The van der Waals surface area contributed by atoms with Crippen molar-refractivity contribution in [2.75, 3.05) is 5.32 Å². The van der Waals surface area contributed by atoms with Crippen LogP contribution in [0.15, 0.2) is 77.4 Å². The van der Waals surface area contributed by atoms with Crippen molar-refractivity contribution in [3.05, 3.63) is 78.6 Å². The van der Waals surface area contributed by atoms with E-state index < -0.39 is 0 Å². The van der Waals surface area contributed by atoms with Gasteiger partial charge in [0.05, 0.1) is 6.26 Å². The number of anilines is 1. The topological polar surface area (TPSA) is 77.3 Å². The fourth-order valence-corrected chi connectivity index (χ4v) is 2.98. The summed E-state index contributed by atoms with van der Waals surface area (Å²) in [6.45, 7) is 0. The maximum absolute atomic E-state index is 12.5. The van der Waals surface area contributed by atoms with E-state index in [-0.39, 0.29) is 5.91 Å². The number of carbonyl (C=O) groups excluding carboxylic acids is 1. The normalized spacial score (nSPS) is 10.5. The molecule has 6 nitrogen and oxygen atoms in total. The molecule has 0 bridgehead atoms. The monoisotopic (exact) mass is 363 g/mol. The molecule has 0 atom stereocenters. The zero-order valence-electron chi connectivity index (χ0n) is 13.5. The van der Waals surface area contributed by atoms with E-state index >= 15 is 0 Å². The van der Waals surface area contributed by atoms with Crippen LogP contribution in [-0.2, 0) is 0 Å². The highest BCUT2D eigenvalue weighted by Crippen LogP contribution is 2.27. The Morgan fingerprint density at radius 3 is 2.62 bits per heavy atom. The van der Waals surface area contributed by atoms with Crippen molar-refractivity contribution in [3.63, 3.8) is 0 Å². The number of amides is 1. The molecule has 0 spiro atoms. The summed E-state index contributed by atoms with van der Waals surface area (Å²) in [6, 6.07) is 19.9. The first-order valence-corrected chi connectivity index (χ1v) is 8.61. The molecule has 0 fully saturated rings. The molecule has 26 heavy (non-hydrogen) atoms. The van der Waals surface area contributed by atoms with E-state index in [1.807, 2.05) is 30.3 Å². The molecule has 0 saturated carbocycles. The summed E-state index contributed by atoms with van der Waals surface area (Å²) in [7, 11) is 0. The molecule has 0 aliphatic heterocycles. The van der Waals surface area contributed by atoms with Gasteiger partial charge in [-0.05, 0) is 42.5 Å². The molecule has 2 aromatic carbocycles. The number of benzene rings is 2. The minimum Gasteiger partial charge on any atom is -0.462 e. The van der Waals surface area contributed by atoms with Gasteiger partial charge >= 0.3 is 0 Å². The number of aromatic nitrogens is 2. The second kappa shape index (κ2) is 7.20. The van der Waals surface area contributed by atoms with E-state index in [0.717, 1.165) is 0 Å². The second-order valence-corrected chi connectivity index (χ2v) is 6.26. The average molecular weight is 363 g/mol. The molecule has 0 unspecified atom stereocenters. The van der Waals surface area contributed by atoms with Gasteiger partial charge in [0.15, 0.2) is 10.8 Å². The maximum Gasteiger partial charge on any atom is 0.257 e. The molecule has 2 aromatic heterocycles. The Labute approximate surface area is 153 Å². The summed E-state index contributed by atoms with van der Waals surface area (Å²) in [5.41, 5.74) is 0.466. The number of carbonyl (C=O) groups is 1. The zero-order chi connectivity index (χ0) is 17.8. The third-order valence-corrected chi connectivity index (χ3v) is 4.31. The SMILES string of the molecule is O=C(Nc1nnc(-c2ccco2)s1)c1cccc(Oc2ccccc2)c1. The zero-order valence-corrected chi connectivity index (χ0v) is 14.3. The molecule has 4 rings (SSSR count). The van der Waals surface area contributed by atoms with Crippen LogP contribution in [0.25, 0.3) is 10.8 Å². The first kappa shape index (κ1) is 16.0. The van der Waals surface area contributed by atoms with Crippen molar-refractivity contribution in [2.24, 2.45) is 0 Å². The number of rotatable bonds is 5. The van der Waals surface area contributed by atoms with E-state index in [2.05, 4.69) is 15.5 Å². The largest absolute Gasteiger partial charge is 0.462 e. The fourth-order valence-electron chi connectivity index (χ4n) is 2.27. The van der Waals surface area contributed by atoms with Crippen LogP contribution in [0.1, 0.15) is 10.4 Å². The van der Waals surface area contributed by atoms with Crippen molar-refractivity contribution in [3.8, 4) is 22.3 Å². The van der Waals surface area contributed by atoms with E-state index in [1.165, 1.54) is 11.3 Å². The lowest BCUT2D eigenvalue weighted by molar-refractivity contribution is 0.102. The molecule has 0 aliphatic rings. The van der Waals surface area contributed by atoms with E-state index in [1.54, 1.807) is 42.7 Å². The maximum atomic E-state index is 12.5. The molecule has 1 amide bonds. The highest BCUT2D eigenvalue weighted by molar-refractivity contribution is 7.18. The van der Waals surface area contributed by atoms with Gasteiger partial charge in [-0.3, -0.25) is 10.1 Å². The molecular weight excluding hydrogens is 350 g/mol. The first-order chi connectivity index (χ1) is 12.8. The van der Waals surface area contributed by atoms with Crippen molar-refractivity contribution in [2.45, 2.75) is 0 Å². The number of ether oxygens (including phenoxy) is 1. The first-order valence-electron chi connectivity index (χ1n) is 7.80. The summed E-state index contributed by atoms with van der Waals surface area (Å²) in [6.07, 6.45) is 1.56. The average Bonchev–Trinajstić information content (AvgIpc) is 3.34. The van der Waals surface area contributed by atoms with Gasteiger partial charge in [-0.25, -0.2) is 0 Å². The third-order valence-electron chi connectivity index (χ3n) is 3.45. The highest BCUT2D eigenvalue weighted by atomic mass is 32.1. The number of furan rings is 1. The van der Waals surface area contributed by atoms with Crippen LogP contribution in [0.5, 0.6) is 11.5 Å². The van der Waals surface area contributed by atoms with Crippen LogP contribution in [0.4, 0.5) is 5.13 Å². The number of nitrogens with zero attached hydrogens (tertiary/aromatic N) is 2. The van der Waals surface area contributed by atoms with Crippen molar-refractivity contribution in [1.29, 1.82) is 0 Å². The predicted octanol–water partition coefficient (Wildman–Crippen LogP) is 4.84. The molecule has 2 heterocycles. The number of para-hydroxylation sites is 1. The Morgan fingerprint density at radius 2 is 1.81 bits per heavy atom. The van der Waals surface area contributed by atoms with Crippen molar-refractivity contribution in [1.82, 2.24) is 10.2 Å². The van der Waals surface area contributed by atoms with Crippen molar-refractivity contribution < 1.29 is 13.9 Å². The summed E-state index contributed by atoms with van der Waals surface area (Å²) >= 11 is 1.24. The van der Waals surface area contributed by atoms with Crippen LogP contribution >= 0.6 is 11.3 Å². The van der Waals surface area contributed by atoms with Crippen LogP contribution in [-0.4, -0.2) is 16.1 Å². The van der Waals surface area contributed by atoms with Gasteiger partial charge in [-0.1, -0.05) is 35.6 Å². The number of hydrogen-bond acceptors (Lipinski definition) is 6. The molecular formula is C19H13N3O3S. The molecule has 128 valence electrons. The van der Waals surface area contributed by atoms with Gasteiger partial charge in [0.25, 0.3) is 5.91 Å². The third kappa shape index (κ3) is 3.62. The van der Waals surface area contributed by atoms with E-state index in [4.69, 9.17) is 9.15 Å². The van der Waals surface area contributed by atoms with Crippen LogP contribution < -0.4 is 10.1 Å². The molecule has 0 radical (unpaired) electrons. The van der Waals surface area contributed by atoms with Crippen LogP contribution in [0.2, 0.25) is 0 Å². The predicted molar refractivity (Wildman–Crippen MR) is 98.5 cm³/mol. The highest BCUT2D eigenvalue weighted by Gasteiger charge is 2.13. The quantitative estimate of drug-likeness (QED) is 0.549. The minimum absolute atomic E-state index is 0.286. The molecule has 0 saturated heterocycles. The Balaban J connectivity index is 1.47. The van der Waals surface area contributed by atoms with Gasteiger partial charge < -0.3 is 9.15 Å². The standard InChI is InChI=1S/C19H13N3O3S/c23-17(20-19-22-21-18(26-19)16-10-5-11-24-16)13-6-4-9-15(12-13)25-14-7-2-1-3-8-14/h1-12H,(H,20,22,23). The number of nitrogens with one attached hydrogen (secondary N) is 1. The van der Waals surface area contributed by atoms with Crippen molar-refractivity contribution >= 4 is 22.4 Å². The summed E-state index contributed by atoms with van der Waals surface area (Å²) in [5.74, 6) is 1.61. The van der Waals surface area contributed by atoms with Gasteiger partial charge in [0, 0.05) is 5.56 Å². The lowest BCUT2D eigenvalue weighted by atomic mass is 10.2. The summed E-state index contributed by atoms with van der Waals surface area (Å²) in [4.78, 5) is 12.5. The summed E-state index contributed by atoms with van der Waals surface area (Å²) in [5, 5.41) is 11.7. The van der Waals surface area contributed by atoms with Gasteiger partial charge in [-0.15, -0.1) is 10.2 Å². The lowest BCUT2D eigenvalue weighted by Gasteiger charge is -2.07. The van der Waals surface area contributed by atoms with E-state index in [9.17, 15) is 4.79 Å².